The van der Waals surface area contributed by atoms with Crippen LogP contribution in [-0.4, -0.2) is 97.5 Å². The van der Waals surface area contributed by atoms with Gasteiger partial charge in [-0.25, -0.2) is 9.52 Å². The van der Waals surface area contributed by atoms with Crippen LogP contribution < -0.4 is 15.4 Å². The number of amides is 4. The van der Waals surface area contributed by atoms with E-state index in [1.807, 2.05) is 12.2 Å². The van der Waals surface area contributed by atoms with Crippen molar-refractivity contribution in [3.63, 3.8) is 0 Å². The summed E-state index contributed by atoms with van der Waals surface area (Å²) in [5, 5.41) is 5.56. The fraction of sp³-hybridized carbons (Fsp3) is 0.793. The molecule has 3 aliphatic heterocycles. The van der Waals surface area contributed by atoms with Gasteiger partial charge in [0.05, 0.1) is 6.61 Å². The number of rotatable bonds is 6. The Morgan fingerprint density at radius 2 is 1.81 bits per heavy atom. The van der Waals surface area contributed by atoms with Gasteiger partial charge in [-0.05, 0) is 72.1 Å². The summed E-state index contributed by atoms with van der Waals surface area (Å²) < 4.78 is 40.6. The normalized spacial score (nSPS) is 31.6. The van der Waals surface area contributed by atoms with Crippen LogP contribution in [0.25, 0.3) is 0 Å². The fourth-order valence-electron chi connectivity index (χ4n) is 6.29. The van der Waals surface area contributed by atoms with E-state index in [9.17, 15) is 27.6 Å². The second-order valence-electron chi connectivity index (χ2n) is 13.0. The van der Waals surface area contributed by atoms with Gasteiger partial charge in [-0.15, -0.1) is 0 Å². The van der Waals surface area contributed by atoms with Gasteiger partial charge in [0.1, 0.15) is 23.2 Å². The minimum atomic E-state index is -4.17. The molecule has 0 aromatic heterocycles. The molecule has 4 amide bonds. The minimum absolute atomic E-state index is 0.220. The molecular weight excluding hydrogens is 578 g/mol. The first kappa shape index (κ1) is 33.2. The van der Waals surface area contributed by atoms with Crippen LogP contribution in [0.5, 0.6) is 0 Å². The summed E-state index contributed by atoms with van der Waals surface area (Å²) in [7, 11) is -2.67. The van der Waals surface area contributed by atoms with E-state index in [1.54, 1.807) is 20.8 Å². The lowest BCUT2D eigenvalue weighted by Gasteiger charge is -2.31. The van der Waals surface area contributed by atoms with Crippen LogP contribution in [0.3, 0.4) is 0 Å². The molecule has 14 heteroatoms. The van der Waals surface area contributed by atoms with Crippen LogP contribution in [-0.2, 0) is 34.1 Å². The van der Waals surface area contributed by atoms with Gasteiger partial charge in [-0.2, -0.15) is 12.7 Å². The number of nitrogens with one attached hydrogen (secondary N) is 3. The van der Waals surface area contributed by atoms with Gasteiger partial charge in [0.2, 0.25) is 11.8 Å². The third-order valence-electron chi connectivity index (χ3n) is 8.54. The van der Waals surface area contributed by atoms with Crippen molar-refractivity contribution < 1.29 is 37.1 Å². The van der Waals surface area contributed by atoms with Crippen molar-refractivity contribution in [3.8, 4) is 0 Å². The molecule has 0 aromatic rings. The number of carbonyl (C=O) groups excluding carboxylic acids is 4. The minimum Gasteiger partial charge on any atom is -0.444 e. The Kier molecular flexibility index (Phi) is 10.4. The van der Waals surface area contributed by atoms with E-state index in [0.29, 0.717) is 45.1 Å². The summed E-state index contributed by atoms with van der Waals surface area (Å²) in [6.45, 7) is 6.05. The Bertz CT molecular complexity index is 1200. The molecule has 0 radical (unpaired) electrons. The molecule has 2 saturated heterocycles. The smallest absolute Gasteiger partial charge is 0.408 e. The third-order valence-corrected chi connectivity index (χ3v) is 10.1. The van der Waals surface area contributed by atoms with Gasteiger partial charge in [0.15, 0.2) is 0 Å². The Morgan fingerprint density at radius 1 is 1.07 bits per heavy atom. The first-order valence-electron chi connectivity index (χ1n) is 15.4. The van der Waals surface area contributed by atoms with Gasteiger partial charge in [0, 0.05) is 32.2 Å². The molecule has 1 saturated carbocycles. The summed E-state index contributed by atoms with van der Waals surface area (Å²) in [6.07, 6.45) is 9.11. The van der Waals surface area contributed by atoms with E-state index in [4.69, 9.17) is 9.47 Å². The van der Waals surface area contributed by atoms with Crippen LogP contribution >= 0.6 is 0 Å². The zero-order valence-corrected chi connectivity index (χ0v) is 26.5. The maximum absolute atomic E-state index is 13.7. The summed E-state index contributed by atoms with van der Waals surface area (Å²) in [5.74, 6) is -2.05. The summed E-state index contributed by atoms with van der Waals surface area (Å²) in [4.78, 5) is 55.1. The number of nitrogens with zero attached hydrogens (tertiary/aromatic N) is 2. The predicted molar refractivity (Wildman–Crippen MR) is 158 cm³/mol. The molecule has 4 aliphatic rings. The lowest BCUT2D eigenvalue weighted by Crippen LogP contribution is -2.59. The van der Waals surface area contributed by atoms with Crippen molar-refractivity contribution in [3.05, 3.63) is 12.2 Å². The predicted octanol–water partition coefficient (Wildman–Crippen LogP) is 1.74. The molecule has 3 N–H and O–H groups in total. The molecule has 0 aromatic carbocycles. The molecule has 0 spiro atoms. The molecule has 3 heterocycles. The highest BCUT2D eigenvalue weighted by Gasteiger charge is 2.61. The Morgan fingerprint density at radius 3 is 2.53 bits per heavy atom. The molecule has 5 atom stereocenters. The highest BCUT2D eigenvalue weighted by Crippen LogP contribution is 2.46. The number of hydrogen-bond acceptors (Lipinski definition) is 8. The van der Waals surface area contributed by atoms with Crippen molar-refractivity contribution >= 4 is 34.0 Å². The Hall–Kier alpha value is -2.71. The average Bonchev–Trinajstić information content (AvgIpc) is 3.23. The van der Waals surface area contributed by atoms with Crippen LogP contribution in [0.1, 0.15) is 85.0 Å². The average molecular weight is 626 g/mol. The van der Waals surface area contributed by atoms with Crippen molar-refractivity contribution in [2.75, 3.05) is 26.8 Å². The van der Waals surface area contributed by atoms with Gasteiger partial charge in [-0.3, -0.25) is 14.4 Å². The largest absolute Gasteiger partial charge is 0.444 e. The first-order valence-corrected chi connectivity index (χ1v) is 16.8. The summed E-state index contributed by atoms with van der Waals surface area (Å²) in [5.41, 5.74) is -2.18. The molecule has 0 bridgehead atoms. The van der Waals surface area contributed by atoms with E-state index in [1.165, 1.54) is 16.3 Å². The van der Waals surface area contributed by atoms with E-state index < -0.39 is 51.3 Å². The van der Waals surface area contributed by atoms with Gasteiger partial charge in [-0.1, -0.05) is 25.0 Å². The molecule has 242 valence electrons. The number of allylic oxidation sites excluding steroid dienone is 1. The zero-order chi connectivity index (χ0) is 31.4. The summed E-state index contributed by atoms with van der Waals surface area (Å²) >= 11 is 0. The summed E-state index contributed by atoms with van der Waals surface area (Å²) in [6, 6.07) is -2.08. The molecule has 0 unspecified atom stereocenters. The number of carbonyl (C=O) groups is 4. The SMILES string of the molecule is COC[C@@H]1CCCN1S(=O)(=O)NC(=O)[C@@]12C[C@@H]1/C=C\CCCCC[C@H](NC(=O)OC(C)(C)C)C(=O)N1CCC[C@H]1C(=O)N2. The molecule has 4 rings (SSSR count). The van der Waals surface area contributed by atoms with E-state index in [-0.39, 0.29) is 37.4 Å². The maximum atomic E-state index is 13.7. The van der Waals surface area contributed by atoms with Crippen LogP contribution in [0.2, 0.25) is 0 Å². The lowest BCUT2D eigenvalue weighted by atomic mass is 10.0. The van der Waals surface area contributed by atoms with Crippen LogP contribution in [0.15, 0.2) is 12.2 Å². The Balaban J connectivity index is 1.54. The quantitative estimate of drug-likeness (QED) is 0.376. The van der Waals surface area contributed by atoms with Gasteiger partial charge in [0.25, 0.3) is 5.91 Å². The van der Waals surface area contributed by atoms with E-state index >= 15 is 0 Å². The topological polar surface area (TPSA) is 163 Å². The molecule has 1 aliphatic carbocycles. The zero-order valence-electron chi connectivity index (χ0n) is 25.7. The van der Waals surface area contributed by atoms with Crippen molar-refractivity contribution in [1.29, 1.82) is 0 Å². The highest BCUT2D eigenvalue weighted by molar-refractivity contribution is 7.87. The van der Waals surface area contributed by atoms with Crippen molar-refractivity contribution in [2.24, 2.45) is 5.92 Å². The van der Waals surface area contributed by atoms with E-state index in [0.717, 1.165) is 19.3 Å². The molecule has 13 nitrogen and oxygen atoms in total. The van der Waals surface area contributed by atoms with Crippen molar-refractivity contribution in [2.45, 2.75) is 114 Å². The van der Waals surface area contributed by atoms with Crippen LogP contribution in [0, 0.1) is 5.92 Å². The van der Waals surface area contributed by atoms with Crippen LogP contribution in [0.4, 0.5) is 4.79 Å². The second-order valence-corrected chi connectivity index (χ2v) is 14.6. The van der Waals surface area contributed by atoms with Gasteiger partial charge < -0.3 is 25.0 Å². The monoisotopic (exact) mass is 625 g/mol. The lowest BCUT2D eigenvalue weighted by molar-refractivity contribution is -0.141. The van der Waals surface area contributed by atoms with Crippen molar-refractivity contribution in [1.82, 2.24) is 24.6 Å². The number of ether oxygens (including phenoxy) is 2. The number of alkyl carbamates (subject to hydrolysis) is 1. The maximum Gasteiger partial charge on any atom is 0.408 e. The fourth-order valence-corrected chi connectivity index (χ4v) is 7.76. The number of hydrogen-bond donors (Lipinski definition) is 3. The third kappa shape index (κ3) is 8.07. The van der Waals surface area contributed by atoms with Gasteiger partial charge >= 0.3 is 16.3 Å². The first-order chi connectivity index (χ1) is 20.3. The highest BCUT2D eigenvalue weighted by atomic mass is 32.2. The standard InChI is InChI=1S/C29H47N5O8S/c1-28(2,3)42-27(38)30-22-14-9-7-5-6-8-12-20-18-29(20,31-24(35)23-15-11-16-33(23)25(22)36)26(37)32-43(39,40)34-17-10-13-21(34)19-41-4/h8,12,20-23H,5-7,9-11,13-19H2,1-4H3,(H,30,38)(H,31,35)(H,32,37)/b12-8-/t20-,21-,22-,23-,29+/m0/s1. The Labute approximate surface area is 254 Å². The van der Waals surface area contributed by atoms with E-state index in [2.05, 4.69) is 15.4 Å². The number of methoxy groups -OCH3 is 1. The molecular formula is C29H47N5O8S. The number of fused-ring (bicyclic) bond motifs is 2. The molecule has 43 heavy (non-hydrogen) atoms. The molecule has 3 fully saturated rings. The second kappa shape index (κ2) is 13.5.